The van der Waals surface area contributed by atoms with Gasteiger partial charge in [0.1, 0.15) is 0 Å². The summed E-state index contributed by atoms with van der Waals surface area (Å²) in [4.78, 5) is 11.5. The van der Waals surface area contributed by atoms with E-state index in [2.05, 4.69) is 6.58 Å². The molecular weight excluding hydrogens is 168 g/mol. The molecule has 0 fully saturated rings. The summed E-state index contributed by atoms with van der Waals surface area (Å²) >= 11 is 1.57. The van der Waals surface area contributed by atoms with Crippen molar-refractivity contribution in [1.29, 1.82) is 0 Å². The Kier molecular flexibility index (Phi) is 2.82. The van der Waals surface area contributed by atoms with Crippen molar-refractivity contribution >= 4 is 17.1 Å². The minimum absolute atomic E-state index is 0.182. The lowest BCUT2D eigenvalue weighted by atomic mass is 10.1. The van der Waals surface area contributed by atoms with Gasteiger partial charge in [-0.05, 0) is 24.8 Å². The van der Waals surface area contributed by atoms with E-state index in [4.69, 9.17) is 0 Å². The molecule has 1 aromatic rings. The van der Waals surface area contributed by atoms with E-state index < -0.39 is 0 Å². The Morgan fingerprint density at radius 3 is 2.67 bits per heavy atom. The van der Waals surface area contributed by atoms with E-state index in [1.54, 1.807) is 11.3 Å². The van der Waals surface area contributed by atoms with E-state index in [0.717, 1.165) is 16.7 Å². The third kappa shape index (κ3) is 2.05. The van der Waals surface area contributed by atoms with Gasteiger partial charge in [-0.15, -0.1) is 0 Å². The quantitative estimate of drug-likeness (QED) is 0.515. The van der Waals surface area contributed by atoms with Crippen LogP contribution in [-0.2, 0) is 0 Å². The summed E-state index contributed by atoms with van der Waals surface area (Å²) in [5, 5.41) is 3.90. The van der Waals surface area contributed by atoms with Crippen LogP contribution in [0.15, 0.2) is 22.9 Å². The number of aryl methyl sites for hydroxylation is 1. The van der Waals surface area contributed by atoms with Crippen LogP contribution in [0.25, 0.3) is 0 Å². The third-order valence-electron chi connectivity index (χ3n) is 1.62. The second-order valence-corrected chi connectivity index (χ2v) is 3.77. The molecule has 12 heavy (non-hydrogen) atoms. The standard InChI is InChI=1S/C10H12OS/c1-7(2)4-10(11)9-6-12-5-8(9)3/h5-6H,1,4H2,2-3H3. The SMILES string of the molecule is C=C(C)CC(=O)c1cscc1C. The Morgan fingerprint density at radius 2 is 2.25 bits per heavy atom. The first-order valence-corrected chi connectivity index (χ1v) is 4.76. The number of hydrogen-bond acceptors (Lipinski definition) is 2. The monoisotopic (exact) mass is 180 g/mol. The highest BCUT2D eigenvalue weighted by Gasteiger charge is 2.08. The van der Waals surface area contributed by atoms with Gasteiger partial charge < -0.3 is 0 Å². The number of hydrogen-bond donors (Lipinski definition) is 0. The van der Waals surface area contributed by atoms with Crippen molar-refractivity contribution in [3.05, 3.63) is 34.0 Å². The Bertz CT molecular complexity index is 309. The highest BCUT2D eigenvalue weighted by Crippen LogP contribution is 2.16. The van der Waals surface area contributed by atoms with Gasteiger partial charge in [-0.25, -0.2) is 0 Å². The van der Waals surface area contributed by atoms with Crippen LogP contribution in [0.2, 0.25) is 0 Å². The van der Waals surface area contributed by atoms with Crippen molar-refractivity contribution in [3.63, 3.8) is 0 Å². The van der Waals surface area contributed by atoms with Gasteiger partial charge in [0.05, 0.1) is 0 Å². The largest absolute Gasteiger partial charge is 0.294 e. The zero-order valence-corrected chi connectivity index (χ0v) is 8.20. The second kappa shape index (κ2) is 3.68. The molecule has 0 amide bonds. The highest BCUT2D eigenvalue weighted by atomic mass is 32.1. The van der Waals surface area contributed by atoms with E-state index in [0.29, 0.717) is 6.42 Å². The van der Waals surface area contributed by atoms with Gasteiger partial charge in [0, 0.05) is 17.4 Å². The minimum atomic E-state index is 0.182. The molecule has 0 saturated carbocycles. The molecule has 0 N–H and O–H groups in total. The van der Waals surface area contributed by atoms with Gasteiger partial charge in [0.15, 0.2) is 5.78 Å². The maximum absolute atomic E-state index is 11.5. The predicted molar refractivity (Wildman–Crippen MR) is 52.8 cm³/mol. The minimum Gasteiger partial charge on any atom is -0.294 e. The van der Waals surface area contributed by atoms with E-state index in [1.165, 1.54) is 0 Å². The molecule has 1 rings (SSSR count). The molecule has 0 aliphatic rings. The zero-order chi connectivity index (χ0) is 9.14. The fraction of sp³-hybridized carbons (Fsp3) is 0.300. The van der Waals surface area contributed by atoms with Crippen LogP contribution < -0.4 is 0 Å². The number of carbonyl (C=O) groups is 1. The molecule has 64 valence electrons. The lowest BCUT2D eigenvalue weighted by Crippen LogP contribution is -1.98. The Morgan fingerprint density at radius 1 is 1.58 bits per heavy atom. The molecule has 1 heterocycles. The number of ketones is 1. The van der Waals surface area contributed by atoms with Crippen LogP contribution in [0.1, 0.15) is 29.3 Å². The van der Waals surface area contributed by atoms with Crippen LogP contribution >= 0.6 is 11.3 Å². The van der Waals surface area contributed by atoms with Crippen molar-refractivity contribution in [3.8, 4) is 0 Å². The summed E-state index contributed by atoms with van der Waals surface area (Å²) in [6, 6.07) is 0. The molecule has 0 spiro atoms. The smallest absolute Gasteiger partial charge is 0.167 e. The average Bonchev–Trinajstić information content (AvgIpc) is 2.33. The van der Waals surface area contributed by atoms with Crippen molar-refractivity contribution in [2.45, 2.75) is 20.3 Å². The number of Topliss-reactive ketones (excluding diaryl/α,β-unsaturated/α-hetero) is 1. The highest BCUT2D eigenvalue weighted by molar-refractivity contribution is 7.08. The molecule has 1 aromatic heterocycles. The van der Waals surface area contributed by atoms with Gasteiger partial charge in [0.2, 0.25) is 0 Å². The first-order chi connectivity index (χ1) is 5.61. The molecule has 1 nitrogen and oxygen atoms in total. The molecule has 0 bridgehead atoms. The summed E-state index contributed by atoms with van der Waals surface area (Å²) in [5.41, 5.74) is 2.85. The summed E-state index contributed by atoms with van der Waals surface area (Å²) in [6.07, 6.45) is 0.470. The molecule has 0 aromatic carbocycles. The fourth-order valence-corrected chi connectivity index (χ4v) is 1.87. The van der Waals surface area contributed by atoms with Gasteiger partial charge in [-0.2, -0.15) is 11.3 Å². The van der Waals surface area contributed by atoms with Gasteiger partial charge >= 0.3 is 0 Å². The summed E-state index contributed by atoms with van der Waals surface area (Å²) < 4.78 is 0. The van der Waals surface area contributed by atoms with Crippen molar-refractivity contribution < 1.29 is 4.79 Å². The van der Waals surface area contributed by atoms with Crippen molar-refractivity contribution in [2.75, 3.05) is 0 Å². The topological polar surface area (TPSA) is 17.1 Å². The van der Waals surface area contributed by atoms with E-state index >= 15 is 0 Å². The molecule has 2 heteroatoms. The maximum atomic E-state index is 11.5. The van der Waals surface area contributed by atoms with Crippen LogP contribution in [0.3, 0.4) is 0 Å². The van der Waals surface area contributed by atoms with E-state index in [-0.39, 0.29) is 5.78 Å². The third-order valence-corrected chi connectivity index (χ3v) is 2.48. The molecule has 0 saturated heterocycles. The zero-order valence-electron chi connectivity index (χ0n) is 7.39. The van der Waals surface area contributed by atoms with Crippen LogP contribution in [0.5, 0.6) is 0 Å². The normalized spacial score (nSPS) is 9.83. The first kappa shape index (κ1) is 9.20. The predicted octanol–water partition coefficient (Wildman–Crippen LogP) is 3.21. The van der Waals surface area contributed by atoms with Crippen molar-refractivity contribution in [2.24, 2.45) is 0 Å². The molecule has 0 atom stereocenters. The maximum Gasteiger partial charge on any atom is 0.167 e. The molecule has 0 radical (unpaired) electrons. The van der Waals surface area contributed by atoms with E-state index in [1.807, 2.05) is 24.6 Å². The Hall–Kier alpha value is -0.890. The molecule has 0 unspecified atom stereocenters. The number of thiophene rings is 1. The first-order valence-electron chi connectivity index (χ1n) is 3.81. The fourth-order valence-electron chi connectivity index (χ4n) is 1.02. The molecule has 0 aliphatic carbocycles. The van der Waals surface area contributed by atoms with E-state index in [9.17, 15) is 4.79 Å². The summed E-state index contributed by atoms with van der Waals surface area (Å²) in [7, 11) is 0. The molecular formula is C10H12OS. The molecule has 0 aliphatic heterocycles. The van der Waals surface area contributed by atoms with Crippen LogP contribution in [0, 0.1) is 6.92 Å². The summed E-state index contributed by atoms with van der Waals surface area (Å²) in [5.74, 6) is 0.182. The van der Waals surface area contributed by atoms with Crippen molar-refractivity contribution in [1.82, 2.24) is 0 Å². The lowest BCUT2D eigenvalue weighted by molar-refractivity contribution is 0.0993. The number of rotatable bonds is 3. The lowest BCUT2D eigenvalue weighted by Gasteiger charge is -1.97. The van der Waals surface area contributed by atoms with Crippen LogP contribution in [0.4, 0.5) is 0 Å². The van der Waals surface area contributed by atoms with Gasteiger partial charge in [-0.3, -0.25) is 4.79 Å². The Labute approximate surface area is 76.7 Å². The second-order valence-electron chi connectivity index (χ2n) is 3.03. The summed E-state index contributed by atoms with van der Waals surface area (Å²) in [6.45, 7) is 7.55. The number of carbonyl (C=O) groups excluding carboxylic acids is 1. The van der Waals surface area contributed by atoms with Gasteiger partial charge in [-0.1, -0.05) is 12.2 Å². The number of allylic oxidation sites excluding steroid dienone is 1. The van der Waals surface area contributed by atoms with Gasteiger partial charge in [0.25, 0.3) is 0 Å². The average molecular weight is 180 g/mol. The Balaban J connectivity index is 2.78. The van der Waals surface area contributed by atoms with Crippen LogP contribution in [-0.4, -0.2) is 5.78 Å².